The maximum Gasteiger partial charge on any atom is 0.119 e. The fourth-order valence-corrected chi connectivity index (χ4v) is 6.35. The third-order valence-electron chi connectivity index (χ3n) is 7.79. The van der Waals surface area contributed by atoms with Crippen molar-refractivity contribution in [2.75, 3.05) is 0 Å². The van der Waals surface area contributed by atoms with E-state index in [9.17, 15) is 9.50 Å². The second-order valence-electron chi connectivity index (χ2n) is 8.61. The Morgan fingerprint density at radius 2 is 1.86 bits per heavy atom. The summed E-state index contributed by atoms with van der Waals surface area (Å²) in [6, 6.07) is 0. The molecule has 0 aromatic rings. The zero-order valence-corrected chi connectivity index (χ0v) is 13.7. The summed E-state index contributed by atoms with van der Waals surface area (Å²) in [6.07, 6.45) is 8.75. The summed E-state index contributed by atoms with van der Waals surface area (Å²) in [5.41, 5.74) is 8.25. The average molecular weight is 305 g/mol. The molecule has 0 heterocycles. The summed E-state index contributed by atoms with van der Waals surface area (Å²) < 4.78 is 14.2. The minimum Gasteiger partial charge on any atom is -0.400 e. The Labute approximate surface area is 132 Å². The summed E-state index contributed by atoms with van der Waals surface area (Å²) in [6.45, 7) is 4.58. The van der Waals surface area contributed by atoms with Crippen LogP contribution in [0.2, 0.25) is 0 Å². The number of fused-ring (bicyclic) bond motifs is 5. The summed E-state index contributed by atoms with van der Waals surface area (Å²) >= 11 is 0. The lowest BCUT2D eigenvalue weighted by molar-refractivity contribution is -0.0350. The molecular formula is C19H28FNO. The van der Waals surface area contributed by atoms with Gasteiger partial charge in [-0.2, -0.15) is 0 Å². The fourth-order valence-electron chi connectivity index (χ4n) is 6.35. The van der Waals surface area contributed by atoms with Crippen LogP contribution >= 0.6 is 0 Å². The Hall–Kier alpha value is -0.830. The molecule has 122 valence electrons. The number of allylic oxidation sites excluding steroid dienone is 3. The van der Waals surface area contributed by atoms with Crippen LogP contribution < -0.4 is 5.73 Å². The van der Waals surface area contributed by atoms with Gasteiger partial charge in [-0.25, -0.2) is 4.39 Å². The molecular weight excluding hydrogens is 277 g/mol. The number of nitrogens with two attached hydrogens (primary N) is 1. The highest BCUT2D eigenvalue weighted by molar-refractivity contribution is 5.30. The Kier molecular flexibility index (Phi) is 3.08. The van der Waals surface area contributed by atoms with Crippen molar-refractivity contribution in [2.24, 2.45) is 34.3 Å². The van der Waals surface area contributed by atoms with Crippen LogP contribution in [-0.2, 0) is 0 Å². The van der Waals surface area contributed by atoms with Gasteiger partial charge in [0, 0.05) is 17.5 Å². The molecule has 4 rings (SSSR count). The first-order chi connectivity index (χ1) is 10.4. The largest absolute Gasteiger partial charge is 0.400 e. The molecule has 0 saturated heterocycles. The molecule has 2 fully saturated rings. The molecule has 4 aliphatic carbocycles. The minimum atomic E-state index is -0.255. The van der Waals surface area contributed by atoms with Gasteiger partial charge in [-0.15, -0.1) is 0 Å². The minimum absolute atomic E-state index is 0.0429. The number of aliphatic hydroxyl groups is 1. The number of rotatable bonds is 0. The lowest BCUT2D eigenvalue weighted by atomic mass is 9.47. The molecule has 0 spiro atoms. The van der Waals surface area contributed by atoms with Gasteiger partial charge in [0.25, 0.3) is 0 Å². The highest BCUT2D eigenvalue weighted by atomic mass is 19.1. The van der Waals surface area contributed by atoms with Gasteiger partial charge in [-0.05, 0) is 61.7 Å². The molecule has 3 N–H and O–H groups in total. The van der Waals surface area contributed by atoms with E-state index in [0.717, 1.165) is 38.5 Å². The SMILES string of the molecule is C[C@]12CCC(O)C=C1CC[C@@H]1[C@H]2CC[C@]2(C)C(N)=C(F)C[C@@H]12. The van der Waals surface area contributed by atoms with Gasteiger partial charge in [-0.1, -0.05) is 25.5 Å². The molecule has 2 nitrogen and oxygen atoms in total. The van der Waals surface area contributed by atoms with Gasteiger partial charge < -0.3 is 10.8 Å². The van der Waals surface area contributed by atoms with Crippen LogP contribution in [0.4, 0.5) is 4.39 Å². The number of hydrogen-bond acceptors (Lipinski definition) is 2. The van der Waals surface area contributed by atoms with E-state index in [1.807, 2.05) is 0 Å². The van der Waals surface area contributed by atoms with Crippen molar-refractivity contribution in [3.8, 4) is 0 Å². The molecule has 6 atom stereocenters. The molecule has 2 saturated carbocycles. The third-order valence-corrected chi connectivity index (χ3v) is 7.79. The van der Waals surface area contributed by atoms with Gasteiger partial charge in [0.2, 0.25) is 0 Å². The van der Waals surface area contributed by atoms with Crippen molar-refractivity contribution in [3.05, 3.63) is 23.2 Å². The lowest BCUT2D eigenvalue weighted by Crippen LogP contribution is -2.50. The van der Waals surface area contributed by atoms with Gasteiger partial charge in [-0.3, -0.25) is 0 Å². The first kappa shape index (κ1) is 14.7. The molecule has 0 aliphatic heterocycles. The summed E-state index contributed by atoms with van der Waals surface area (Å²) in [5.74, 6) is 1.56. The summed E-state index contributed by atoms with van der Waals surface area (Å²) in [4.78, 5) is 0. The van der Waals surface area contributed by atoms with E-state index in [1.165, 1.54) is 5.57 Å². The van der Waals surface area contributed by atoms with Gasteiger partial charge in [0.05, 0.1) is 6.10 Å². The number of aliphatic hydroxyl groups excluding tert-OH is 1. The van der Waals surface area contributed by atoms with E-state index in [2.05, 4.69) is 19.9 Å². The van der Waals surface area contributed by atoms with Crippen LogP contribution in [0, 0.1) is 28.6 Å². The Balaban J connectivity index is 1.69. The van der Waals surface area contributed by atoms with Crippen molar-refractivity contribution >= 4 is 0 Å². The first-order valence-corrected chi connectivity index (χ1v) is 8.90. The smallest absolute Gasteiger partial charge is 0.119 e. The third kappa shape index (κ3) is 1.75. The number of hydrogen-bond donors (Lipinski definition) is 2. The summed E-state index contributed by atoms with van der Waals surface area (Å²) in [5, 5.41) is 9.97. The van der Waals surface area contributed by atoms with Crippen molar-refractivity contribution in [1.82, 2.24) is 0 Å². The monoisotopic (exact) mass is 305 g/mol. The highest BCUT2D eigenvalue weighted by Gasteiger charge is 2.58. The van der Waals surface area contributed by atoms with Crippen LogP contribution in [0.5, 0.6) is 0 Å². The zero-order valence-electron chi connectivity index (χ0n) is 13.7. The van der Waals surface area contributed by atoms with E-state index < -0.39 is 0 Å². The van der Waals surface area contributed by atoms with Crippen LogP contribution in [0.3, 0.4) is 0 Å². The zero-order chi connectivity index (χ0) is 15.7. The van der Waals surface area contributed by atoms with E-state index in [4.69, 9.17) is 5.73 Å². The number of halogens is 1. The normalized spacial score (nSPS) is 51.0. The van der Waals surface area contributed by atoms with Crippen molar-refractivity contribution in [1.29, 1.82) is 0 Å². The van der Waals surface area contributed by atoms with E-state index >= 15 is 0 Å². The molecule has 0 bridgehead atoms. The van der Waals surface area contributed by atoms with Crippen LogP contribution in [0.25, 0.3) is 0 Å². The van der Waals surface area contributed by atoms with Gasteiger partial charge >= 0.3 is 0 Å². The molecule has 0 aromatic heterocycles. The quantitative estimate of drug-likeness (QED) is 0.663. The molecule has 4 aliphatic rings. The molecule has 0 amide bonds. The predicted molar refractivity (Wildman–Crippen MR) is 85.4 cm³/mol. The Morgan fingerprint density at radius 1 is 1.14 bits per heavy atom. The maximum atomic E-state index is 14.2. The second-order valence-corrected chi connectivity index (χ2v) is 8.61. The fraction of sp³-hybridized carbons (Fsp3) is 0.789. The van der Waals surface area contributed by atoms with Crippen molar-refractivity contribution in [3.63, 3.8) is 0 Å². The maximum absolute atomic E-state index is 14.2. The first-order valence-electron chi connectivity index (χ1n) is 8.90. The van der Waals surface area contributed by atoms with Crippen LogP contribution in [-0.4, -0.2) is 11.2 Å². The molecule has 0 aromatic carbocycles. The second kappa shape index (κ2) is 4.59. The summed E-state index contributed by atoms with van der Waals surface area (Å²) in [7, 11) is 0. The van der Waals surface area contributed by atoms with E-state index in [1.54, 1.807) is 0 Å². The molecule has 1 unspecified atom stereocenters. The van der Waals surface area contributed by atoms with Gasteiger partial charge in [0.1, 0.15) is 5.83 Å². The van der Waals surface area contributed by atoms with E-state index in [0.29, 0.717) is 29.9 Å². The molecule has 3 heteroatoms. The average Bonchev–Trinajstić information content (AvgIpc) is 2.72. The topological polar surface area (TPSA) is 46.2 Å². The molecule has 0 radical (unpaired) electrons. The predicted octanol–water partition coefficient (Wildman–Crippen LogP) is 4.06. The lowest BCUT2D eigenvalue weighted by Gasteiger charge is -2.57. The Bertz CT molecular complexity index is 568. The Morgan fingerprint density at radius 3 is 2.64 bits per heavy atom. The van der Waals surface area contributed by atoms with Crippen molar-refractivity contribution < 1.29 is 9.50 Å². The van der Waals surface area contributed by atoms with Crippen LogP contribution in [0.1, 0.15) is 58.8 Å². The van der Waals surface area contributed by atoms with Crippen LogP contribution in [0.15, 0.2) is 23.2 Å². The highest BCUT2D eigenvalue weighted by Crippen LogP contribution is 2.65. The van der Waals surface area contributed by atoms with E-state index in [-0.39, 0.29) is 22.8 Å². The van der Waals surface area contributed by atoms with Crippen molar-refractivity contribution in [2.45, 2.75) is 64.9 Å². The molecule has 22 heavy (non-hydrogen) atoms. The van der Waals surface area contributed by atoms with Gasteiger partial charge in [0.15, 0.2) is 0 Å². The standard InChI is InChI=1S/C19H28FNO/c1-18-7-5-12(22)9-11(18)3-4-13-14(18)6-8-19(2)15(13)10-16(20)17(19)21/h9,12-15,22H,3-8,10,21H2,1-2H3/t12?,13-,14-,15+,18+,19+/m1/s1.